The molecule has 7 heteroatoms. The van der Waals surface area contributed by atoms with E-state index in [9.17, 15) is 9.59 Å². The molecular formula is C24H32N4O3. The first-order chi connectivity index (χ1) is 14.9. The Kier molecular flexibility index (Phi) is 6.30. The maximum Gasteiger partial charge on any atom is 0.274 e. The third kappa shape index (κ3) is 4.75. The molecule has 0 radical (unpaired) electrons. The van der Waals surface area contributed by atoms with Crippen LogP contribution in [0.4, 0.5) is 0 Å². The highest BCUT2D eigenvalue weighted by Crippen LogP contribution is 2.36. The summed E-state index contributed by atoms with van der Waals surface area (Å²) in [6.07, 6.45) is 1.97. The zero-order chi connectivity index (χ0) is 22.0. The Labute approximate surface area is 184 Å². The van der Waals surface area contributed by atoms with Gasteiger partial charge in [-0.15, -0.1) is 0 Å². The van der Waals surface area contributed by atoms with Crippen LogP contribution in [0.2, 0.25) is 0 Å². The van der Waals surface area contributed by atoms with Crippen molar-refractivity contribution in [3.05, 3.63) is 47.8 Å². The van der Waals surface area contributed by atoms with Gasteiger partial charge in [-0.05, 0) is 49.8 Å². The summed E-state index contributed by atoms with van der Waals surface area (Å²) in [6, 6.07) is 11.7. The number of amides is 2. The number of aryl methyl sites for hydroxylation is 2. The minimum Gasteiger partial charge on any atom is -0.493 e. The summed E-state index contributed by atoms with van der Waals surface area (Å²) in [4.78, 5) is 28.8. The van der Waals surface area contributed by atoms with Gasteiger partial charge in [0.15, 0.2) is 5.69 Å². The van der Waals surface area contributed by atoms with Gasteiger partial charge in [0.25, 0.3) is 5.91 Å². The molecule has 0 bridgehead atoms. The van der Waals surface area contributed by atoms with Gasteiger partial charge in [-0.1, -0.05) is 18.2 Å². The van der Waals surface area contributed by atoms with Crippen LogP contribution in [0.3, 0.4) is 0 Å². The fourth-order valence-corrected chi connectivity index (χ4v) is 4.96. The van der Waals surface area contributed by atoms with Crippen molar-refractivity contribution in [1.29, 1.82) is 0 Å². The van der Waals surface area contributed by atoms with E-state index in [1.807, 2.05) is 60.2 Å². The number of rotatable bonds is 5. The molecule has 2 aromatic rings. The first-order valence-corrected chi connectivity index (χ1v) is 11.2. The van der Waals surface area contributed by atoms with Gasteiger partial charge < -0.3 is 14.5 Å². The van der Waals surface area contributed by atoms with Crippen molar-refractivity contribution in [1.82, 2.24) is 19.6 Å². The summed E-state index contributed by atoms with van der Waals surface area (Å²) in [6.45, 7) is 7.19. The van der Waals surface area contributed by atoms with Crippen LogP contribution < -0.4 is 4.74 Å². The number of para-hydroxylation sites is 1. The SMILES string of the molecule is CC(=O)N1CCC([C@@H]2CN(C(=O)c3cc(C)n(C)n3)C[C@H]2COc2ccccc2)CC1. The highest BCUT2D eigenvalue weighted by Gasteiger charge is 2.41. The van der Waals surface area contributed by atoms with Gasteiger partial charge in [-0.3, -0.25) is 14.3 Å². The first-order valence-electron chi connectivity index (χ1n) is 11.2. The van der Waals surface area contributed by atoms with Crippen LogP contribution in [0, 0.1) is 24.7 Å². The Hall–Kier alpha value is -2.83. The number of likely N-dealkylation sites (tertiary alicyclic amines) is 2. The van der Waals surface area contributed by atoms with E-state index in [4.69, 9.17) is 4.74 Å². The predicted molar refractivity (Wildman–Crippen MR) is 118 cm³/mol. The van der Waals surface area contributed by atoms with Crippen molar-refractivity contribution in [2.24, 2.45) is 24.8 Å². The second-order valence-electron chi connectivity index (χ2n) is 8.90. The third-order valence-electron chi connectivity index (χ3n) is 6.91. The number of carbonyl (C=O) groups excluding carboxylic acids is 2. The number of hydrogen-bond donors (Lipinski definition) is 0. The smallest absolute Gasteiger partial charge is 0.274 e. The minimum atomic E-state index is -0.00270. The lowest BCUT2D eigenvalue weighted by molar-refractivity contribution is -0.130. The number of piperidine rings is 1. The van der Waals surface area contributed by atoms with Gasteiger partial charge in [0.05, 0.1) is 6.61 Å². The molecule has 4 rings (SSSR count). The molecule has 3 heterocycles. The quantitative estimate of drug-likeness (QED) is 0.740. The molecule has 2 atom stereocenters. The van der Waals surface area contributed by atoms with Gasteiger partial charge in [0.1, 0.15) is 5.75 Å². The van der Waals surface area contributed by atoms with Crippen LogP contribution in [0.5, 0.6) is 5.75 Å². The van der Waals surface area contributed by atoms with Crippen molar-refractivity contribution >= 4 is 11.8 Å². The topological polar surface area (TPSA) is 67.7 Å². The van der Waals surface area contributed by atoms with E-state index in [0.717, 1.165) is 43.9 Å². The molecular weight excluding hydrogens is 392 g/mol. The van der Waals surface area contributed by atoms with E-state index in [0.29, 0.717) is 30.7 Å². The lowest BCUT2D eigenvalue weighted by atomic mass is 9.78. The Morgan fingerprint density at radius 2 is 1.81 bits per heavy atom. The third-order valence-corrected chi connectivity index (χ3v) is 6.91. The lowest BCUT2D eigenvalue weighted by Gasteiger charge is -2.36. The van der Waals surface area contributed by atoms with Crippen molar-refractivity contribution in [3.8, 4) is 5.75 Å². The molecule has 0 N–H and O–H groups in total. The normalized spacial score (nSPS) is 22.0. The molecule has 0 spiro atoms. The molecule has 1 aromatic carbocycles. The number of nitrogens with zero attached hydrogens (tertiary/aromatic N) is 4. The molecule has 2 amide bonds. The van der Waals surface area contributed by atoms with E-state index < -0.39 is 0 Å². The van der Waals surface area contributed by atoms with Crippen LogP contribution >= 0.6 is 0 Å². The van der Waals surface area contributed by atoms with E-state index in [1.165, 1.54) is 0 Å². The Bertz CT molecular complexity index is 899. The molecule has 2 aliphatic rings. The van der Waals surface area contributed by atoms with E-state index in [1.54, 1.807) is 11.6 Å². The van der Waals surface area contributed by atoms with Crippen molar-refractivity contribution in [2.75, 3.05) is 32.8 Å². The molecule has 0 unspecified atom stereocenters. The summed E-state index contributed by atoms with van der Waals surface area (Å²) < 4.78 is 7.85. The largest absolute Gasteiger partial charge is 0.493 e. The maximum absolute atomic E-state index is 13.2. The zero-order valence-corrected chi connectivity index (χ0v) is 18.7. The molecule has 166 valence electrons. The highest BCUT2D eigenvalue weighted by atomic mass is 16.5. The van der Waals surface area contributed by atoms with E-state index in [2.05, 4.69) is 5.10 Å². The molecule has 2 fully saturated rings. The minimum absolute atomic E-state index is 0.00270. The second-order valence-corrected chi connectivity index (χ2v) is 8.90. The molecule has 2 aliphatic heterocycles. The molecule has 0 aliphatic carbocycles. The number of carbonyl (C=O) groups is 2. The van der Waals surface area contributed by atoms with Crippen LogP contribution in [0.15, 0.2) is 36.4 Å². The van der Waals surface area contributed by atoms with Gasteiger partial charge in [0.2, 0.25) is 5.91 Å². The van der Waals surface area contributed by atoms with Crippen LogP contribution in [-0.2, 0) is 11.8 Å². The number of ether oxygens (including phenoxy) is 1. The summed E-state index contributed by atoms with van der Waals surface area (Å²) in [5.74, 6) is 2.13. The van der Waals surface area contributed by atoms with Crippen LogP contribution in [-0.4, -0.2) is 64.2 Å². The molecule has 1 aromatic heterocycles. The van der Waals surface area contributed by atoms with E-state index in [-0.39, 0.29) is 17.7 Å². The monoisotopic (exact) mass is 424 g/mol. The summed E-state index contributed by atoms with van der Waals surface area (Å²) >= 11 is 0. The molecule has 31 heavy (non-hydrogen) atoms. The predicted octanol–water partition coefficient (Wildman–Crippen LogP) is 2.75. The zero-order valence-electron chi connectivity index (χ0n) is 18.7. The van der Waals surface area contributed by atoms with Crippen molar-refractivity contribution in [3.63, 3.8) is 0 Å². The van der Waals surface area contributed by atoms with Gasteiger partial charge in [-0.2, -0.15) is 5.10 Å². The number of aromatic nitrogens is 2. The van der Waals surface area contributed by atoms with Gasteiger partial charge in [-0.25, -0.2) is 0 Å². The fraction of sp³-hybridized carbons (Fsp3) is 0.542. The first kappa shape index (κ1) is 21.4. The average Bonchev–Trinajstić information content (AvgIpc) is 3.36. The molecule has 0 saturated carbocycles. The van der Waals surface area contributed by atoms with E-state index >= 15 is 0 Å². The molecule has 2 saturated heterocycles. The lowest BCUT2D eigenvalue weighted by Crippen LogP contribution is -2.40. The van der Waals surface area contributed by atoms with Crippen LogP contribution in [0.1, 0.15) is 35.9 Å². The summed E-state index contributed by atoms with van der Waals surface area (Å²) in [5.41, 5.74) is 1.48. The Morgan fingerprint density at radius 1 is 1.10 bits per heavy atom. The molecule has 7 nitrogen and oxygen atoms in total. The Balaban J connectivity index is 1.47. The number of hydrogen-bond acceptors (Lipinski definition) is 4. The van der Waals surface area contributed by atoms with Gasteiger partial charge in [0, 0.05) is 51.8 Å². The van der Waals surface area contributed by atoms with Crippen molar-refractivity contribution < 1.29 is 14.3 Å². The summed E-state index contributed by atoms with van der Waals surface area (Å²) in [5, 5.41) is 4.39. The summed E-state index contributed by atoms with van der Waals surface area (Å²) in [7, 11) is 1.86. The Morgan fingerprint density at radius 3 is 2.42 bits per heavy atom. The fourth-order valence-electron chi connectivity index (χ4n) is 4.96. The highest BCUT2D eigenvalue weighted by molar-refractivity contribution is 5.92. The second kappa shape index (κ2) is 9.12. The van der Waals surface area contributed by atoms with Crippen LogP contribution in [0.25, 0.3) is 0 Å². The average molecular weight is 425 g/mol. The number of benzene rings is 1. The van der Waals surface area contributed by atoms with Gasteiger partial charge >= 0.3 is 0 Å². The van der Waals surface area contributed by atoms with Crippen molar-refractivity contribution in [2.45, 2.75) is 26.7 Å². The maximum atomic E-state index is 13.2. The standard InChI is InChI=1S/C24H32N4O3/c1-17-13-23(25-26(17)3)24(30)28-14-20(16-31-21-7-5-4-6-8-21)22(15-28)19-9-11-27(12-10-19)18(2)29/h4-8,13,19-20,22H,9-12,14-16H2,1-3H3/t20-,22-/m0/s1.